The van der Waals surface area contributed by atoms with Gasteiger partial charge >= 0.3 is 5.82 Å². The number of terminal acetylenes is 1. The quantitative estimate of drug-likeness (QED) is 0.344. The fourth-order valence-corrected chi connectivity index (χ4v) is 1.02. The Morgan fingerprint density at radius 3 is 2.93 bits per heavy atom. The summed E-state index contributed by atoms with van der Waals surface area (Å²) in [6.07, 6.45) is 8.12. The zero-order valence-electron chi connectivity index (χ0n) is 8.14. The lowest BCUT2D eigenvalue weighted by Crippen LogP contribution is -2.01. The maximum absolute atomic E-state index is 10.3. The SMILES string of the molecule is C#CCCCNc1ccc([N+](=O)[O-])nc1. The van der Waals surface area contributed by atoms with E-state index in [1.165, 1.54) is 12.3 Å². The summed E-state index contributed by atoms with van der Waals surface area (Å²) in [5.41, 5.74) is 0.762. The summed E-state index contributed by atoms with van der Waals surface area (Å²) >= 11 is 0. The maximum atomic E-state index is 10.3. The summed E-state index contributed by atoms with van der Waals surface area (Å²) in [4.78, 5) is 13.5. The molecule has 1 aromatic rings. The van der Waals surface area contributed by atoms with Gasteiger partial charge in [0.2, 0.25) is 0 Å². The average molecular weight is 205 g/mol. The highest BCUT2D eigenvalue weighted by atomic mass is 16.6. The van der Waals surface area contributed by atoms with E-state index in [9.17, 15) is 10.1 Å². The molecule has 0 atom stereocenters. The Labute approximate surface area is 87.7 Å². The van der Waals surface area contributed by atoms with Crippen molar-refractivity contribution in [1.82, 2.24) is 4.98 Å². The molecule has 5 nitrogen and oxygen atoms in total. The molecule has 15 heavy (non-hydrogen) atoms. The highest BCUT2D eigenvalue weighted by Gasteiger charge is 2.05. The molecule has 0 aliphatic rings. The van der Waals surface area contributed by atoms with Crippen LogP contribution in [-0.2, 0) is 0 Å². The minimum atomic E-state index is -0.526. The number of unbranched alkanes of at least 4 members (excludes halogenated alkanes) is 1. The predicted octanol–water partition coefficient (Wildman–Crippen LogP) is 1.82. The minimum absolute atomic E-state index is 0.149. The molecule has 0 fully saturated rings. The van der Waals surface area contributed by atoms with Crippen LogP contribution >= 0.6 is 0 Å². The van der Waals surface area contributed by atoms with E-state index in [0.29, 0.717) is 6.42 Å². The van der Waals surface area contributed by atoms with Gasteiger partial charge in [-0.3, -0.25) is 0 Å². The van der Waals surface area contributed by atoms with E-state index in [2.05, 4.69) is 16.2 Å². The van der Waals surface area contributed by atoms with Gasteiger partial charge in [0.05, 0.1) is 5.69 Å². The van der Waals surface area contributed by atoms with Gasteiger partial charge in [0, 0.05) is 19.0 Å². The lowest BCUT2D eigenvalue weighted by Gasteiger charge is -2.01. The van der Waals surface area contributed by atoms with Crippen LogP contribution in [0.4, 0.5) is 11.5 Å². The molecule has 0 unspecified atom stereocenters. The Hall–Kier alpha value is -2.09. The number of nitro groups is 1. The molecule has 0 aliphatic heterocycles. The van der Waals surface area contributed by atoms with Crippen molar-refractivity contribution in [2.24, 2.45) is 0 Å². The summed E-state index contributed by atoms with van der Waals surface area (Å²) in [5.74, 6) is 2.38. The van der Waals surface area contributed by atoms with Crippen LogP contribution in [0.2, 0.25) is 0 Å². The Morgan fingerprint density at radius 1 is 1.60 bits per heavy atom. The second kappa shape index (κ2) is 5.60. The summed E-state index contributed by atoms with van der Waals surface area (Å²) in [6, 6.07) is 2.99. The number of nitrogens with zero attached hydrogens (tertiary/aromatic N) is 2. The first-order valence-corrected chi connectivity index (χ1v) is 4.52. The van der Waals surface area contributed by atoms with Gasteiger partial charge in [-0.1, -0.05) is 0 Å². The highest BCUT2D eigenvalue weighted by Crippen LogP contribution is 2.11. The smallest absolute Gasteiger partial charge is 0.363 e. The lowest BCUT2D eigenvalue weighted by molar-refractivity contribution is -0.389. The molecule has 0 aromatic carbocycles. The number of anilines is 1. The van der Waals surface area contributed by atoms with Crippen molar-refractivity contribution in [1.29, 1.82) is 0 Å². The normalized spacial score (nSPS) is 9.27. The third-order valence-corrected chi connectivity index (χ3v) is 1.76. The minimum Gasteiger partial charge on any atom is -0.382 e. The zero-order chi connectivity index (χ0) is 11.1. The molecule has 5 heteroatoms. The molecule has 1 aromatic heterocycles. The molecular weight excluding hydrogens is 194 g/mol. The van der Waals surface area contributed by atoms with Gasteiger partial charge in [-0.05, 0) is 22.4 Å². The topological polar surface area (TPSA) is 68.1 Å². The van der Waals surface area contributed by atoms with Crippen molar-refractivity contribution < 1.29 is 4.92 Å². The average Bonchev–Trinajstić information content (AvgIpc) is 2.25. The van der Waals surface area contributed by atoms with Crippen molar-refractivity contribution in [2.75, 3.05) is 11.9 Å². The molecule has 0 saturated heterocycles. The lowest BCUT2D eigenvalue weighted by atomic mass is 10.3. The molecular formula is C10H11N3O2. The second-order valence-corrected chi connectivity index (χ2v) is 2.90. The number of hydrogen-bond donors (Lipinski definition) is 1. The van der Waals surface area contributed by atoms with E-state index >= 15 is 0 Å². The van der Waals surface area contributed by atoms with E-state index in [1.807, 2.05) is 0 Å². The summed E-state index contributed by atoms with van der Waals surface area (Å²) in [6.45, 7) is 0.740. The number of hydrogen-bond acceptors (Lipinski definition) is 4. The molecule has 1 heterocycles. The van der Waals surface area contributed by atoms with Crippen molar-refractivity contribution in [3.8, 4) is 12.3 Å². The van der Waals surface area contributed by atoms with Gasteiger partial charge in [0.1, 0.15) is 0 Å². The van der Waals surface area contributed by atoms with Crippen molar-refractivity contribution in [2.45, 2.75) is 12.8 Å². The van der Waals surface area contributed by atoms with Gasteiger partial charge < -0.3 is 15.4 Å². The zero-order valence-corrected chi connectivity index (χ0v) is 8.14. The van der Waals surface area contributed by atoms with Crippen LogP contribution in [0.5, 0.6) is 0 Å². The first kappa shape index (κ1) is 11.0. The standard InChI is InChI=1S/C10H11N3O2/c1-2-3-4-7-11-9-5-6-10(12-8-9)13(14)15/h1,5-6,8,11H,3-4,7H2. The Bertz CT molecular complexity index is 367. The van der Waals surface area contributed by atoms with E-state index in [1.54, 1.807) is 6.07 Å². The number of rotatable bonds is 5. The van der Waals surface area contributed by atoms with E-state index in [-0.39, 0.29) is 5.82 Å². The van der Waals surface area contributed by atoms with E-state index in [4.69, 9.17) is 6.42 Å². The summed E-state index contributed by atoms with van der Waals surface area (Å²) in [5, 5.41) is 13.4. The summed E-state index contributed by atoms with van der Waals surface area (Å²) in [7, 11) is 0. The second-order valence-electron chi connectivity index (χ2n) is 2.90. The van der Waals surface area contributed by atoms with Gasteiger partial charge in [-0.25, -0.2) is 0 Å². The molecule has 0 spiro atoms. The molecule has 78 valence electrons. The van der Waals surface area contributed by atoms with Crippen molar-refractivity contribution in [3.63, 3.8) is 0 Å². The highest BCUT2D eigenvalue weighted by molar-refractivity contribution is 5.43. The Balaban J connectivity index is 2.43. The van der Waals surface area contributed by atoms with Gasteiger partial charge in [-0.15, -0.1) is 12.3 Å². The monoisotopic (exact) mass is 205 g/mol. The maximum Gasteiger partial charge on any atom is 0.363 e. The summed E-state index contributed by atoms with van der Waals surface area (Å²) < 4.78 is 0. The number of pyridine rings is 1. The fourth-order valence-electron chi connectivity index (χ4n) is 1.02. The third kappa shape index (κ3) is 3.65. The molecule has 0 aliphatic carbocycles. The van der Waals surface area contributed by atoms with Crippen LogP contribution < -0.4 is 5.32 Å². The van der Waals surface area contributed by atoms with E-state index < -0.39 is 4.92 Å². The van der Waals surface area contributed by atoms with Crippen molar-refractivity contribution >= 4 is 11.5 Å². The Morgan fingerprint density at radius 2 is 2.40 bits per heavy atom. The third-order valence-electron chi connectivity index (χ3n) is 1.76. The number of nitrogens with one attached hydrogen (secondary N) is 1. The number of aromatic nitrogens is 1. The molecule has 0 saturated carbocycles. The van der Waals surface area contributed by atoms with E-state index in [0.717, 1.165) is 18.7 Å². The van der Waals surface area contributed by atoms with Crippen LogP contribution in [0.25, 0.3) is 0 Å². The molecule has 0 bridgehead atoms. The van der Waals surface area contributed by atoms with Crippen LogP contribution in [0.3, 0.4) is 0 Å². The van der Waals surface area contributed by atoms with Crippen LogP contribution in [0.1, 0.15) is 12.8 Å². The van der Waals surface area contributed by atoms with Crippen molar-refractivity contribution in [3.05, 3.63) is 28.4 Å². The fraction of sp³-hybridized carbons (Fsp3) is 0.300. The predicted molar refractivity (Wildman–Crippen MR) is 57.4 cm³/mol. The Kier molecular flexibility index (Phi) is 4.10. The first-order valence-electron chi connectivity index (χ1n) is 4.52. The molecule has 1 rings (SSSR count). The van der Waals surface area contributed by atoms with Crippen LogP contribution in [0.15, 0.2) is 18.3 Å². The van der Waals surface area contributed by atoms with Gasteiger partial charge in [-0.2, -0.15) is 0 Å². The van der Waals surface area contributed by atoms with Crippen LogP contribution in [-0.4, -0.2) is 16.5 Å². The largest absolute Gasteiger partial charge is 0.382 e. The first-order chi connectivity index (χ1) is 7.24. The van der Waals surface area contributed by atoms with Gasteiger partial charge in [0.15, 0.2) is 6.20 Å². The molecule has 0 amide bonds. The molecule has 1 N–H and O–H groups in total. The van der Waals surface area contributed by atoms with Gasteiger partial charge in [0.25, 0.3) is 0 Å². The molecule has 0 radical (unpaired) electrons. The van der Waals surface area contributed by atoms with Crippen LogP contribution in [0, 0.1) is 22.5 Å².